The van der Waals surface area contributed by atoms with Gasteiger partial charge in [-0.25, -0.2) is 0 Å². The normalized spacial score (nSPS) is 22.1. The highest BCUT2D eigenvalue weighted by molar-refractivity contribution is 5.76. The first-order chi connectivity index (χ1) is 8.78. The quantitative estimate of drug-likeness (QED) is 0.833. The molecule has 0 aliphatic carbocycles. The maximum Gasteiger partial charge on any atom is 0.223 e. The molecule has 0 saturated carbocycles. The monoisotopic (exact) mass is 270 g/mol. The Morgan fingerprint density at radius 2 is 2.11 bits per heavy atom. The lowest BCUT2D eigenvalue weighted by molar-refractivity contribution is -0.132. The third-order valence-corrected chi connectivity index (χ3v) is 3.49. The molecule has 1 aliphatic heterocycles. The Balaban J connectivity index is 2.31. The number of rotatable bonds is 5. The number of carbonyl (C=O) groups excluding carboxylic acids is 1. The van der Waals surface area contributed by atoms with Crippen LogP contribution in [-0.4, -0.2) is 43.2 Å². The predicted molar refractivity (Wildman–Crippen MR) is 77.9 cm³/mol. The van der Waals surface area contributed by atoms with Gasteiger partial charge >= 0.3 is 0 Å². The summed E-state index contributed by atoms with van der Waals surface area (Å²) in [6.45, 7) is 7.97. The van der Waals surface area contributed by atoms with Crippen LogP contribution in [0.4, 0.5) is 0 Å². The van der Waals surface area contributed by atoms with Gasteiger partial charge in [0.15, 0.2) is 0 Å². The number of amides is 1. The third kappa shape index (κ3) is 6.92. The van der Waals surface area contributed by atoms with Crippen molar-refractivity contribution in [3.05, 3.63) is 0 Å². The molecule has 4 heteroatoms. The molecule has 1 aliphatic rings. The summed E-state index contributed by atoms with van der Waals surface area (Å²) < 4.78 is 5.66. The van der Waals surface area contributed by atoms with Gasteiger partial charge in [-0.2, -0.15) is 0 Å². The first kappa shape index (κ1) is 16.4. The van der Waals surface area contributed by atoms with Gasteiger partial charge in [0, 0.05) is 32.7 Å². The highest BCUT2D eigenvalue weighted by atomic mass is 16.5. The van der Waals surface area contributed by atoms with Gasteiger partial charge in [-0.1, -0.05) is 20.8 Å². The van der Waals surface area contributed by atoms with Gasteiger partial charge in [0.25, 0.3) is 0 Å². The third-order valence-electron chi connectivity index (χ3n) is 3.49. The first-order valence-corrected chi connectivity index (χ1v) is 7.39. The Labute approximate surface area is 117 Å². The summed E-state index contributed by atoms with van der Waals surface area (Å²) in [5, 5.41) is 0. The van der Waals surface area contributed by atoms with Crippen molar-refractivity contribution < 1.29 is 9.53 Å². The lowest BCUT2D eigenvalue weighted by Gasteiger charge is -2.29. The fraction of sp³-hybridized carbons (Fsp3) is 0.933. The summed E-state index contributed by atoms with van der Waals surface area (Å²) in [7, 11) is 1.85. The number of ether oxygens (including phenoxy) is 1. The molecule has 1 amide bonds. The van der Waals surface area contributed by atoms with Crippen molar-refractivity contribution in [2.75, 3.05) is 20.2 Å². The Kier molecular flexibility index (Phi) is 6.27. The van der Waals surface area contributed by atoms with Crippen molar-refractivity contribution in [2.24, 2.45) is 11.1 Å². The second-order valence-corrected chi connectivity index (χ2v) is 6.99. The van der Waals surface area contributed by atoms with Gasteiger partial charge in [0.2, 0.25) is 5.91 Å². The number of likely N-dealkylation sites (N-methyl/N-ethyl adjacent to an activating group) is 1. The predicted octanol–water partition coefficient (Wildman–Crippen LogP) is 2.17. The molecule has 0 bridgehead atoms. The number of hydrogen-bond donors (Lipinski definition) is 1. The Morgan fingerprint density at radius 1 is 1.42 bits per heavy atom. The average molecular weight is 270 g/mol. The van der Waals surface area contributed by atoms with Crippen LogP contribution < -0.4 is 5.73 Å². The van der Waals surface area contributed by atoms with Crippen molar-refractivity contribution in [1.82, 2.24) is 4.90 Å². The average Bonchev–Trinajstić information content (AvgIpc) is 2.27. The number of nitrogens with two attached hydrogens (primary N) is 1. The van der Waals surface area contributed by atoms with E-state index in [4.69, 9.17) is 10.5 Å². The molecule has 1 fully saturated rings. The molecule has 0 aromatic heterocycles. The zero-order chi connectivity index (χ0) is 14.5. The van der Waals surface area contributed by atoms with E-state index in [1.165, 1.54) is 6.42 Å². The summed E-state index contributed by atoms with van der Waals surface area (Å²) in [5.74, 6) is 0.130. The lowest BCUT2D eigenvalue weighted by atomic mass is 9.87. The number of nitrogens with zero attached hydrogens (tertiary/aromatic N) is 1. The van der Waals surface area contributed by atoms with Crippen molar-refractivity contribution in [2.45, 2.75) is 65.0 Å². The maximum atomic E-state index is 12.1. The summed E-state index contributed by atoms with van der Waals surface area (Å²) >= 11 is 0. The van der Waals surface area contributed by atoms with Crippen LogP contribution in [0.1, 0.15) is 52.9 Å². The van der Waals surface area contributed by atoms with Crippen LogP contribution in [0, 0.1) is 5.41 Å². The smallest absolute Gasteiger partial charge is 0.223 e. The second kappa shape index (κ2) is 7.25. The van der Waals surface area contributed by atoms with E-state index in [1.54, 1.807) is 4.90 Å². The highest BCUT2D eigenvalue weighted by Crippen LogP contribution is 2.21. The summed E-state index contributed by atoms with van der Waals surface area (Å²) in [6.07, 6.45) is 4.92. The molecule has 1 heterocycles. The van der Waals surface area contributed by atoms with Gasteiger partial charge < -0.3 is 15.4 Å². The van der Waals surface area contributed by atoms with E-state index in [1.807, 2.05) is 7.05 Å². The van der Waals surface area contributed by atoms with Crippen LogP contribution in [0.5, 0.6) is 0 Å². The van der Waals surface area contributed by atoms with Crippen molar-refractivity contribution in [3.63, 3.8) is 0 Å². The molecule has 0 spiro atoms. The molecule has 2 atom stereocenters. The van der Waals surface area contributed by atoms with E-state index < -0.39 is 0 Å². The van der Waals surface area contributed by atoms with Crippen LogP contribution in [0.3, 0.4) is 0 Å². The molecule has 0 aromatic rings. The van der Waals surface area contributed by atoms with E-state index in [0.29, 0.717) is 13.0 Å². The highest BCUT2D eigenvalue weighted by Gasteiger charge is 2.22. The molecular formula is C15H30N2O2. The minimum atomic E-state index is -0.0535. The van der Waals surface area contributed by atoms with Crippen molar-refractivity contribution in [1.29, 1.82) is 0 Å². The number of carbonyl (C=O) groups is 1. The SMILES string of the molecule is CN(CC1CCCCO1)C(=O)CC(N)CC(C)(C)C. The Bertz CT molecular complexity index is 280. The fourth-order valence-corrected chi connectivity index (χ4v) is 2.60. The standard InChI is InChI=1S/C15H30N2O2/c1-15(2,3)10-12(16)9-14(18)17(4)11-13-7-5-6-8-19-13/h12-13H,5-11,16H2,1-4H3. The Morgan fingerprint density at radius 3 is 2.63 bits per heavy atom. The minimum Gasteiger partial charge on any atom is -0.376 e. The van der Waals surface area contributed by atoms with E-state index in [0.717, 1.165) is 25.9 Å². The van der Waals surface area contributed by atoms with Gasteiger partial charge in [0.05, 0.1) is 6.10 Å². The molecule has 19 heavy (non-hydrogen) atoms. The van der Waals surface area contributed by atoms with E-state index in [2.05, 4.69) is 20.8 Å². The summed E-state index contributed by atoms with van der Waals surface area (Å²) in [5.41, 5.74) is 6.22. The molecule has 4 nitrogen and oxygen atoms in total. The molecule has 0 aromatic carbocycles. The van der Waals surface area contributed by atoms with Crippen LogP contribution in [0.15, 0.2) is 0 Å². The van der Waals surface area contributed by atoms with Crippen LogP contribution in [0.25, 0.3) is 0 Å². The van der Waals surface area contributed by atoms with Crippen LogP contribution in [-0.2, 0) is 9.53 Å². The fourth-order valence-electron chi connectivity index (χ4n) is 2.60. The first-order valence-electron chi connectivity index (χ1n) is 7.39. The van der Waals surface area contributed by atoms with E-state index in [-0.39, 0.29) is 23.5 Å². The lowest BCUT2D eigenvalue weighted by Crippen LogP contribution is -2.40. The van der Waals surface area contributed by atoms with E-state index in [9.17, 15) is 4.79 Å². The summed E-state index contributed by atoms with van der Waals surface area (Å²) in [6, 6.07) is -0.0535. The van der Waals surface area contributed by atoms with Gasteiger partial charge in [-0.3, -0.25) is 4.79 Å². The zero-order valence-electron chi connectivity index (χ0n) is 12.9. The van der Waals surface area contributed by atoms with Gasteiger partial charge in [-0.05, 0) is 31.1 Å². The molecule has 1 saturated heterocycles. The van der Waals surface area contributed by atoms with Crippen molar-refractivity contribution >= 4 is 5.91 Å². The van der Waals surface area contributed by atoms with Gasteiger partial charge in [-0.15, -0.1) is 0 Å². The second-order valence-electron chi connectivity index (χ2n) is 6.99. The van der Waals surface area contributed by atoms with Crippen molar-refractivity contribution in [3.8, 4) is 0 Å². The molecular weight excluding hydrogens is 240 g/mol. The molecule has 2 unspecified atom stereocenters. The number of hydrogen-bond acceptors (Lipinski definition) is 3. The largest absolute Gasteiger partial charge is 0.376 e. The summed E-state index contributed by atoms with van der Waals surface area (Å²) in [4.78, 5) is 13.9. The van der Waals surface area contributed by atoms with Crippen LogP contribution in [0.2, 0.25) is 0 Å². The topological polar surface area (TPSA) is 55.6 Å². The zero-order valence-corrected chi connectivity index (χ0v) is 12.9. The molecule has 112 valence electrons. The Hall–Kier alpha value is -0.610. The maximum absolute atomic E-state index is 12.1. The minimum absolute atomic E-state index is 0.0535. The van der Waals surface area contributed by atoms with Crippen LogP contribution >= 0.6 is 0 Å². The molecule has 2 N–H and O–H groups in total. The van der Waals surface area contributed by atoms with Gasteiger partial charge in [0.1, 0.15) is 0 Å². The van der Waals surface area contributed by atoms with E-state index >= 15 is 0 Å². The molecule has 1 rings (SSSR count). The molecule has 0 radical (unpaired) electrons.